The molecule has 0 spiro atoms. The smallest absolute Gasteiger partial charge is 0.136 e. The summed E-state index contributed by atoms with van der Waals surface area (Å²) < 4.78 is 14.3. The number of nitrogens with zero attached hydrogens (tertiary/aromatic N) is 3. The maximum absolute atomic E-state index is 6.10. The summed E-state index contributed by atoms with van der Waals surface area (Å²) in [6.45, 7) is 42.6. The Morgan fingerprint density at radius 3 is 0.990 bits per heavy atom. The van der Waals surface area contributed by atoms with E-state index in [1.54, 1.807) is 0 Å². The molecule has 0 aliphatic heterocycles. The van der Waals surface area contributed by atoms with Gasteiger partial charge in [0.15, 0.2) is 0 Å². The van der Waals surface area contributed by atoms with Crippen LogP contribution in [0, 0.1) is 6.92 Å². The van der Waals surface area contributed by atoms with Crippen molar-refractivity contribution in [3.63, 3.8) is 0 Å². The van der Waals surface area contributed by atoms with E-state index in [0.717, 1.165) is 84.0 Å². The van der Waals surface area contributed by atoms with Gasteiger partial charge in [-0.2, -0.15) is 0 Å². The van der Waals surface area contributed by atoms with Crippen LogP contribution in [-0.4, -0.2) is 0 Å². The van der Waals surface area contributed by atoms with Crippen LogP contribution in [0.25, 0.3) is 21.9 Å². The largest absolute Gasteiger partial charge is 0.462 e. The summed E-state index contributed by atoms with van der Waals surface area (Å²) in [6, 6.07) is 83.4. The highest BCUT2D eigenvalue weighted by Crippen LogP contribution is 2.47. The molecule has 10 aromatic carbocycles. The summed E-state index contributed by atoms with van der Waals surface area (Å²) in [6.07, 6.45) is 4.64. The first-order valence-electron chi connectivity index (χ1n) is 34.1. The molecular formula is C90H99Br2N3O2. The molecule has 0 radical (unpaired) electrons. The Morgan fingerprint density at radius 2 is 0.608 bits per heavy atom. The second kappa shape index (κ2) is 28.6. The van der Waals surface area contributed by atoms with Crippen LogP contribution in [0.4, 0.5) is 51.2 Å². The molecule has 500 valence electrons. The molecular weight excluding hydrogens is 1310 g/mol. The molecule has 0 saturated carbocycles. The number of benzene rings is 10. The molecule has 0 bridgehead atoms. The predicted octanol–water partition coefficient (Wildman–Crippen LogP) is 28.2. The van der Waals surface area contributed by atoms with E-state index in [2.05, 4.69) is 384 Å². The fraction of sp³-hybridized carbons (Fsp3) is 0.289. The van der Waals surface area contributed by atoms with Gasteiger partial charge >= 0.3 is 0 Å². The summed E-state index contributed by atoms with van der Waals surface area (Å²) >= 11 is 7.52. The molecule has 0 atom stereocenters. The van der Waals surface area contributed by atoms with Crippen LogP contribution >= 0.6 is 31.9 Å². The second-order valence-electron chi connectivity index (χ2n) is 32.1. The number of anilines is 9. The molecule has 0 amide bonds. The molecule has 5 nitrogen and oxygen atoms in total. The van der Waals surface area contributed by atoms with Gasteiger partial charge in [-0.05, 0) is 221 Å². The summed E-state index contributed by atoms with van der Waals surface area (Å²) in [5.74, 6) is 0. The number of fused-ring (bicyclic) bond motifs is 2. The Balaban J connectivity index is 0.000000184. The molecule has 97 heavy (non-hydrogen) atoms. The molecule has 2 aromatic heterocycles. The van der Waals surface area contributed by atoms with E-state index in [4.69, 9.17) is 8.83 Å². The molecule has 0 aliphatic carbocycles. The van der Waals surface area contributed by atoms with Crippen LogP contribution in [0.3, 0.4) is 0 Å². The van der Waals surface area contributed by atoms with E-state index in [1.807, 2.05) is 36.8 Å². The first-order valence-corrected chi connectivity index (χ1v) is 35.7. The highest BCUT2D eigenvalue weighted by molar-refractivity contribution is 9.11. The van der Waals surface area contributed by atoms with Gasteiger partial charge in [-0.3, -0.25) is 0 Å². The predicted molar refractivity (Wildman–Crippen MR) is 425 cm³/mol. The molecule has 12 aromatic rings. The van der Waals surface area contributed by atoms with Crippen molar-refractivity contribution in [3.05, 3.63) is 302 Å². The average Bonchev–Trinajstić information content (AvgIpc) is 1.27. The van der Waals surface area contributed by atoms with Gasteiger partial charge in [0.1, 0.15) is 23.7 Å². The van der Waals surface area contributed by atoms with Gasteiger partial charge in [0.25, 0.3) is 0 Å². The summed E-state index contributed by atoms with van der Waals surface area (Å²) in [4.78, 5) is 6.96. The lowest BCUT2D eigenvalue weighted by atomic mass is 9.86. The van der Waals surface area contributed by atoms with Gasteiger partial charge in [-0.1, -0.05) is 262 Å². The Labute approximate surface area is 596 Å². The Hall–Kier alpha value is -8.36. The minimum absolute atomic E-state index is 0.0383. The minimum Gasteiger partial charge on any atom is -0.462 e. The first-order chi connectivity index (χ1) is 45.6. The lowest BCUT2D eigenvalue weighted by molar-refractivity contribution is 0.589. The van der Waals surface area contributed by atoms with Gasteiger partial charge in [0, 0.05) is 53.8 Å². The van der Waals surface area contributed by atoms with Crippen molar-refractivity contribution in [2.24, 2.45) is 0 Å². The minimum atomic E-state index is 0.0383. The average molecular weight is 1410 g/mol. The van der Waals surface area contributed by atoms with E-state index in [9.17, 15) is 0 Å². The number of para-hydroxylation sites is 2. The normalized spacial score (nSPS) is 12.2. The highest BCUT2D eigenvalue weighted by atomic mass is 79.9. The number of hydrogen-bond donors (Lipinski definition) is 0. The quantitative estimate of drug-likeness (QED) is 0.129. The van der Waals surface area contributed by atoms with Crippen LogP contribution in [0.5, 0.6) is 0 Å². The third kappa shape index (κ3) is 17.1. The molecule has 2 heterocycles. The lowest BCUT2D eigenvalue weighted by Gasteiger charge is -2.31. The van der Waals surface area contributed by atoms with Gasteiger partial charge in [0.05, 0.1) is 17.1 Å². The van der Waals surface area contributed by atoms with E-state index >= 15 is 0 Å². The molecule has 12 rings (SSSR count). The maximum Gasteiger partial charge on any atom is 0.136 e. The summed E-state index contributed by atoms with van der Waals surface area (Å²) in [5.41, 5.74) is 23.9. The van der Waals surface area contributed by atoms with E-state index in [-0.39, 0.29) is 32.5 Å². The van der Waals surface area contributed by atoms with Gasteiger partial charge < -0.3 is 23.5 Å². The van der Waals surface area contributed by atoms with Gasteiger partial charge in [-0.25, -0.2) is 0 Å². The van der Waals surface area contributed by atoms with Gasteiger partial charge in [-0.15, -0.1) is 0 Å². The Bertz CT molecular complexity index is 4630. The molecule has 0 unspecified atom stereocenters. The number of aryl methyl sites for hydroxylation is 1. The van der Waals surface area contributed by atoms with E-state index in [0.29, 0.717) is 0 Å². The van der Waals surface area contributed by atoms with Crippen LogP contribution in [0.1, 0.15) is 175 Å². The molecule has 7 heteroatoms. The molecule has 0 N–H and O–H groups in total. The standard InChI is InChI=1S/C44H47BrN2O.C35H37NO.C11H15Br/c1-42(2,3)30-17-22-33(23-18-30)46(39-26-21-32(27-38(39)45)44(7,8)9)35-13-12-14-36(28-35)47(34-24-19-31(20-25-34)43(4,5)6)40-29-48-41-16-11-10-15-37(40)41;1-34(2,3)27-16-14-25(15-17-27)22-26-10-9-11-30(23-26)36(29-20-18-28(19-21-29)35(4,5)6)32-24-37-33-13-8-7-12-31(32)33;1-8-5-6-9(7-10(8)12)11(2,3)4/h10-29H,1-9H3;7-21,23-24H,22H2,1-6H3;5-7H,1-4H3. The van der Waals surface area contributed by atoms with Crippen molar-refractivity contribution in [3.8, 4) is 0 Å². The Morgan fingerprint density at radius 1 is 0.278 bits per heavy atom. The van der Waals surface area contributed by atoms with E-state index < -0.39 is 0 Å². The highest BCUT2D eigenvalue weighted by Gasteiger charge is 2.26. The summed E-state index contributed by atoms with van der Waals surface area (Å²) in [5, 5.41) is 2.17. The molecule has 0 aliphatic rings. The van der Waals surface area contributed by atoms with Crippen molar-refractivity contribution in [2.75, 3.05) is 14.7 Å². The lowest BCUT2D eigenvalue weighted by Crippen LogP contribution is -2.16. The first kappa shape index (κ1) is 71.4. The topological polar surface area (TPSA) is 36.0 Å². The zero-order chi connectivity index (χ0) is 70.0. The van der Waals surface area contributed by atoms with Gasteiger partial charge in [0.2, 0.25) is 0 Å². The van der Waals surface area contributed by atoms with Crippen LogP contribution in [0.15, 0.2) is 261 Å². The number of hydrogen-bond acceptors (Lipinski definition) is 5. The van der Waals surface area contributed by atoms with Crippen molar-refractivity contribution >= 4 is 105 Å². The summed E-state index contributed by atoms with van der Waals surface area (Å²) in [7, 11) is 0. The second-order valence-corrected chi connectivity index (χ2v) is 33.8. The SMILES string of the molecule is CC(C)(C)c1ccc(Cc2cccc(N(c3ccc(C(C)(C)C)cc3)c3coc4ccccc34)c2)cc1.CC(C)(C)c1ccc(N(c2cccc(N(c3ccc(C(C)(C)C)cc3)c3coc4ccccc34)c2)c2ccc(C(C)(C)C)cc2Br)cc1.Cc1ccc(C(C)(C)C)cc1Br. The zero-order valence-electron chi connectivity index (χ0n) is 60.7. The fourth-order valence-corrected chi connectivity index (χ4v) is 13.0. The third-order valence-electron chi connectivity index (χ3n) is 18.2. The van der Waals surface area contributed by atoms with Crippen LogP contribution in [-0.2, 0) is 38.9 Å². The third-order valence-corrected chi connectivity index (χ3v) is 19.7. The van der Waals surface area contributed by atoms with E-state index in [1.165, 1.54) is 54.5 Å². The van der Waals surface area contributed by atoms with Crippen molar-refractivity contribution in [1.29, 1.82) is 0 Å². The number of rotatable bonds is 11. The zero-order valence-corrected chi connectivity index (χ0v) is 63.9. The van der Waals surface area contributed by atoms with Crippen molar-refractivity contribution < 1.29 is 8.83 Å². The number of halogens is 2. The van der Waals surface area contributed by atoms with Crippen LogP contribution < -0.4 is 14.7 Å². The number of furan rings is 2. The Kier molecular flexibility index (Phi) is 21.1. The molecule has 0 fully saturated rings. The molecule has 0 saturated heterocycles. The maximum atomic E-state index is 6.10. The van der Waals surface area contributed by atoms with Crippen molar-refractivity contribution in [1.82, 2.24) is 0 Å². The van der Waals surface area contributed by atoms with Crippen LogP contribution in [0.2, 0.25) is 0 Å². The fourth-order valence-electron chi connectivity index (χ4n) is 12.0. The van der Waals surface area contributed by atoms with Crippen molar-refractivity contribution in [2.45, 2.75) is 170 Å². The monoisotopic (exact) mass is 1410 g/mol.